The Morgan fingerprint density at radius 3 is 2.12 bits per heavy atom. The first-order valence-electron chi connectivity index (χ1n) is 10.6. The molecule has 0 aliphatic rings. The molecule has 0 atom stereocenters. The molecule has 0 aliphatic heterocycles. The minimum atomic E-state index is -0.417. The van der Waals surface area contributed by atoms with Crippen LogP contribution in [-0.2, 0) is 24.9 Å². The van der Waals surface area contributed by atoms with Gasteiger partial charge in [-0.15, -0.1) is 35.4 Å². The Hall–Kier alpha value is -2.29. The Labute approximate surface area is 206 Å². The monoisotopic (exact) mass is 609 g/mol. The van der Waals surface area contributed by atoms with Crippen LogP contribution in [-0.4, -0.2) is 15.9 Å². The van der Waals surface area contributed by atoms with E-state index in [-0.39, 0.29) is 37.1 Å². The number of rotatable bonds is 2. The van der Waals surface area contributed by atoms with Gasteiger partial charge in [-0.25, -0.2) is 0 Å². The number of aliphatic hydroxyl groups excluding tert-OH is 1. The second-order valence-corrected chi connectivity index (χ2v) is 9.96. The Morgan fingerprint density at radius 2 is 1.56 bits per heavy atom. The van der Waals surface area contributed by atoms with Crippen LogP contribution in [0.4, 0.5) is 0 Å². The van der Waals surface area contributed by atoms with Crippen LogP contribution in [0.3, 0.4) is 0 Å². The van der Waals surface area contributed by atoms with E-state index in [0.717, 1.165) is 16.8 Å². The van der Waals surface area contributed by atoms with Gasteiger partial charge in [0.1, 0.15) is 5.76 Å². The maximum Gasteiger partial charge on any atom is 0.164 e. The molecule has 0 amide bonds. The summed E-state index contributed by atoms with van der Waals surface area (Å²) in [7, 11) is 0. The number of allylic oxidation sites excluding steroid dienone is 2. The van der Waals surface area contributed by atoms with E-state index in [1.807, 2.05) is 59.7 Å². The summed E-state index contributed by atoms with van der Waals surface area (Å²) in [6.45, 7) is 15.3. The molecule has 3 aromatic rings. The number of fused-ring (bicyclic) bond motifs is 1. The number of ketones is 1. The minimum absolute atomic E-state index is 0. The first-order valence-corrected chi connectivity index (χ1v) is 10.6. The van der Waals surface area contributed by atoms with E-state index in [1.54, 1.807) is 0 Å². The Morgan fingerprint density at radius 1 is 0.938 bits per heavy atom. The van der Waals surface area contributed by atoms with Crippen molar-refractivity contribution in [3.05, 3.63) is 77.6 Å². The molecule has 0 saturated carbocycles. The SMILES string of the molecule is CC(C)(C)C(=O)/C=C(\O)C(C)(C)C.Cc1ccc[c-]c1-c1cc(C)c2ccccc2n1.[Ir]. The molecule has 1 heterocycles. The molecule has 0 fully saturated rings. The third-order valence-corrected chi connectivity index (χ3v) is 5.02. The van der Waals surface area contributed by atoms with E-state index in [0.29, 0.717) is 0 Å². The maximum atomic E-state index is 11.5. The molecule has 0 saturated heterocycles. The van der Waals surface area contributed by atoms with Gasteiger partial charge in [-0.3, -0.25) is 9.78 Å². The van der Waals surface area contributed by atoms with Crippen LogP contribution < -0.4 is 0 Å². The fourth-order valence-electron chi connectivity index (χ4n) is 2.83. The first-order chi connectivity index (χ1) is 14.3. The van der Waals surface area contributed by atoms with Gasteiger partial charge in [0.15, 0.2) is 5.78 Å². The van der Waals surface area contributed by atoms with Crippen LogP contribution >= 0.6 is 0 Å². The van der Waals surface area contributed by atoms with Crippen molar-refractivity contribution < 1.29 is 30.0 Å². The average Bonchev–Trinajstić information content (AvgIpc) is 2.67. The van der Waals surface area contributed by atoms with E-state index in [1.165, 1.54) is 22.6 Å². The number of nitrogens with zero attached hydrogens (tertiary/aromatic N) is 1. The molecule has 0 bridgehead atoms. The summed E-state index contributed by atoms with van der Waals surface area (Å²) in [5, 5.41) is 10.8. The standard InChI is InChI=1S/C17H14N.C11H20O2.Ir/c1-12-7-3-4-8-14(12)17-11-13(2)15-9-5-6-10-16(15)18-17;1-10(2,3)8(12)7-9(13)11(4,5)6;/h3-7,9-11H,1-2H3;7,12H,1-6H3;/q-1;;/b;8-7-;. The van der Waals surface area contributed by atoms with E-state index in [2.05, 4.69) is 50.2 Å². The van der Waals surface area contributed by atoms with Crippen molar-refractivity contribution in [2.45, 2.75) is 55.4 Å². The predicted molar refractivity (Wildman–Crippen MR) is 130 cm³/mol. The smallest absolute Gasteiger partial charge is 0.164 e. The van der Waals surface area contributed by atoms with E-state index in [4.69, 9.17) is 4.98 Å². The average molecular weight is 609 g/mol. The zero-order valence-corrected chi connectivity index (χ0v) is 22.7. The molecule has 3 nitrogen and oxygen atoms in total. The third kappa shape index (κ3) is 7.39. The van der Waals surface area contributed by atoms with E-state index < -0.39 is 5.41 Å². The molecule has 0 unspecified atom stereocenters. The number of aryl methyl sites for hydroxylation is 2. The third-order valence-electron chi connectivity index (χ3n) is 5.02. The molecular formula is C28H34IrNO2-. The van der Waals surface area contributed by atoms with Crippen LogP contribution in [0.15, 0.2) is 60.4 Å². The molecule has 1 aromatic heterocycles. The van der Waals surface area contributed by atoms with Gasteiger partial charge in [-0.05, 0) is 24.2 Å². The molecule has 3 rings (SSSR count). The van der Waals surface area contributed by atoms with Gasteiger partial charge in [0.25, 0.3) is 0 Å². The Kier molecular flexibility index (Phi) is 9.56. The number of hydrogen-bond donors (Lipinski definition) is 1. The number of hydrogen-bond acceptors (Lipinski definition) is 3. The van der Waals surface area contributed by atoms with E-state index >= 15 is 0 Å². The van der Waals surface area contributed by atoms with Gasteiger partial charge in [-0.2, -0.15) is 0 Å². The molecule has 4 heteroatoms. The number of para-hydroxylation sites is 1. The minimum Gasteiger partial charge on any atom is -0.512 e. The van der Waals surface area contributed by atoms with Crippen molar-refractivity contribution >= 4 is 16.7 Å². The van der Waals surface area contributed by atoms with Crippen molar-refractivity contribution in [2.24, 2.45) is 10.8 Å². The summed E-state index contributed by atoms with van der Waals surface area (Å²) >= 11 is 0. The fourth-order valence-corrected chi connectivity index (χ4v) is 2.83. The second kappa shape index (κ2) is 11.0. The van der Waals surface area contributed by atoms with Crippen LogP contribution in [0.25, 0.3) is 22.2 Å². The molecule has 32 heavy (non-hydrogen) atoms. The van der Waals surface area contributed by atoms with E-state index in [9.17, 15) is 9.90 Å². The van der Waals surface area contributed by atoms with Crippen LogP contribution in [0.5, 0.6) is 0 Å². The maximum absolute atomic E-state index is 11.5. The number of aliphatic hydroxyl groups is 1. The number of carbonyl (C=O) groups excluding carboxylic acids is 1. The zero-order chi connectivity index (χ0) is 23.4. The number of benzene rings is 2. The molecule has 0 spiro atoms. The van der Waals surface area contributed by atoms with Gasteiger partial charge in [0.05, 0.1) is 5.52 Å². The largest absolute Gasteiger partial charge is 0.512 e. The van der Waals surface area contributed by atoms with Crippen LogP contribution in [0.1, 0.15) is 52.7 Å². The Balaban J connectivity index is 0.000000330. The second-order valence-electron chi connectivity index (χ2n) is 9.96. The quantitative estimate of drug-likeness (QED) is 0.187. The van der Waals surface area contributed by atoms with Crippen molar-refractivity contribution in [3.63, 3.8) is 0 Å². The summed E-state index contributed by atoms with van der Waals surface area (Å²) in [6.07, 6.45) is 1.33. The van der Waals surface area contributed by atoms with Gasteiger partial charge < -0.3 is 5.11 Å². The summed E-state index contributed by atoms with van der Waals surface area (Å²) < 4.78 is 0. The first kappa shape index (κ1) is 27.7. The normalized spacial score (nSPS) is 11.9. The molecule has 2 aromatic carbocycles. The molecule has 1 radical (unpaired) electrons. The fraction of sp³-hybridized carbons (Fsp3) is 0.357. The van der Waals surface area contributed by atoms with Gasteiger partial charge in [0, 0.05) is 42.4 Å². The molecule has 173 valence electrons. The molecule has 1 N–H and O–H groups in total. The van der Waals surface area contributed by atoms with Crippen molar-refractivity contribution in [2.75, 3.05) is 0 Å². The molecule has 0 aliphatic carbocycles. The van der Waals surface area contributed by atoms with Gasteiger partial charge in [0.2, 0.25) is 0 Å². The summed E-state index contributed by atoms with van der Waals surface area (Å²) in [4.78, 5) is 16.2. The van der Waals surface area contributed by atoms with Crippen molar-refractivity contribution in [3.8, 4) is 11.3 Å². The number of aromatic nitrogens is 1. The predicted octanol–water partition coefficient (Wildman–Crippen LogP) is 7.41. The summed E-state index contributed by atoms with van der Waals surface area (Å²) in [6, 6.07) is 19.7. The summed E-state index contributed by atoms with van der Waals surface area (Å²) in [5.74, 6) is 0.104. The van der Waals surface area contributed by atoms with Gasteiger partial charge in [-0.1, -0.05) is 72.7 Å². The Bertz CT molecular complexity index is 1100. The van der Waals surface area contributed by atoms with Crippen molar-refractivity contribution in [1.29, 1.82) is 0 Å². The van der Waals surface area contributed by atoms with Crippen molar-refractivity contribution in [1.82, 2.24) is 4.98 Å². The topological polar surface area (TPSA) is 50.2 Å². The number of carbonyl (C=O) groups is 1. The molecular weight excluding hydrogens is 575 g/mol. The van der Waals surface area contributed by atoms with Crippen LogP contribution in [0.2, 0.25) is 0 Å². The zero-order valence-electron chi connectivity index (χ0n) is 20.3. The van der Waals surface area contributed by atoms with Crippen LogP contribution in [0, 0.1) is 30.7 Å². The summed E-state index contributed by atoms with van der Waals surface area (Å²) in [5.41, 5.74) is 4.84. The van der Waals surface area contributed by atoms with Gasteiger partial charge >= 0.3 is 0 Å². The number of pyridine rings is 1.